The van der Waals surface area contributed by atoms with Gasteiger partial charge in [-0.2, -0.15) is 5.10 Å². The Morgan fingerprint density at radius 1 is 1.38 bits per heavy atom. The maximum Gasteiger partial charge on any atom is 0.224 e. The van der Waals surface area contributed by atoms with Crippen molar-refractivity contribution in [3.05, 3.63) is 40.1 Å². The average Bonchev–Trinajstić information content (AvgIpc) is 2.72. The number of carbonyl (C=O) groups excluding carboxylic acids is 1. The van der Waals surface area contributed by atoms with E-state index in [9.17, 15) is 4.79 Å². The molecule has 0 atom stereocenters. The van der Waals surface area contributed by atoms with Crippen molar-refractivity contribution in [3.8, 4) is 0 Å². The minimum atomic E-state index is -0.100. The maximum absolute atomic E-state index is 11.9. The van der Waals surface area contributed by atoms with E-state index in [1.54, 1.807) is 29.1 Å². The van der Waals surface area contributed by atoms with Crippen molar-refractivity contribution >= 4 is 40.5 Å². The minimum Gasteiger partial charge on any atom is -0.399 e. The summed E-state index contributed by atoms with van der Waals surface area (Å²) in [6, 6.07) is 4.98. The molecule has 21 heavy (non-hydrogen) atoms. The lowest BCUT2D eigenvalue weighted by Crippen LogP contribution is -2.13. The summed E-state index contributed by atoms with van der Waals surface area (Å²) in [5.74, 6) is -0.100. The van der Waals surface area contributed by atoms with Crippen LogP contribution in [0.4, 0.5) is 11.4 Å². The minimum absolute atomic E-state index is 0.100. The van der Waals surface area contributed by atoms with E-state index in [4.69, 9.17) is 28.9 Å². The molecule has 1 heterocycles. The molecule has 112 valence electrons. The largest absolute Gasteiger partial charge is 0.399 e. The van der Waals surface area contributed by atoms with E-state index in [0.29, 0.717) is 40.8 Å². The lowest BCUT2D eigenvalue weighted by atomic mass is 10.2. The van der Waals surface area contributed by atoms with Crippen LogP contribution < -0.4 is 11.1 Å². The monoisotopic (exact) mass is 326 g/mol. The summed E-state index contributed by atoms with van der Waals surface area (Å²) in [5, 5.41) is 8.05. The number of nitrogen functional groups attached to an aromatic ring is 1. The zero-order valence-corrected chi connectivity index (χ0v) is 13.1. The molecular formula is C14H16Cl2N4O. The number of aromatic nitrogens is 2. The van der Waals surface area contributed by atoms with Crippen LogP contribution in [0.3, 0.4) is 0 Å². The highest BCUT2D eigenvalue weighted by molar-refractivity contribution is 6.34. The van der Waals surface area contributed by atoms with Crippen molar-refractivity contribution in [2.75, 3.05) is 11.1 Å². The zero-order chi connectivity index (χ0) is 15.4. The molecule has 2 aromatic rings. The van der Waals surface area contributed by atoms with Gasteiger partial charge in [-0.25, -0.2) is 0 Å². The predicted molar refractivity (Wildman–Crippen MR) is 85.7 cm³/mol. The lowest BCUT2D eigenvalue weighted by Gasteiger charge is -2.08. The van der Waals surface area contributed by atoms with E-state index in [1.165, 1.54) is 0 Å². The number of anilines is 2. The third-order valence-electron chi connectivity index (χ3n) is 2.94. The molecule has 7 heteroatoms. The SMILES string of the molecule is Cc1nn(CCCC(=O)Nc2ccc(N)cc2Cl)cc1Cl. The highest BCUT2D eigenvalue weighted by Crippen LogP contribution is 2.24. The Balaban J connectivity index is 1.82. The molecule has 3 N–H and O–H groups in total. The smallest absolute Gasteiger partial charge is 0.224 e. The normalized spacial score (nSPS) is 10.6. The van der Waals surface area contributed by atoms with Crippen LogP contribution in [-0.4, -0.2) is 15.7 Å². The molecule has 0 bridgehead atoms. The fraction of sp³-hybridized carbons (Fsp3) is 0.286. The van der Waals surface area contributed by atoms with Gasteiger partial charge in [0.25, 0.3) is 0 Å². The van der Waals surface area contributed by atoms with Gasteiger partial charge in [-0.05, 0) is 31.5 Å². The van der Waals surface area contributed by atoms with Crippen molar-refractivity contribution in [1.29, 1.82) is 0 Å². The van der Waals surface area contributed by atoms with Gasteiger partial charge in [-0.3, -0.25) is 9.48 Å². The number of benzene rings is 1. The molecule has 1 aromatic carbocycles. The first kappa shape index (κ1) is 15.7. The number of rotatable bonds is 5. The standard InChI is InChI=1S/C14H16Cl2N4O/c1-9-12(16)8-20(19-9)6-2-3-14(21)18-13-5-4-10(17)7-11(13)15/h4-5,7-8H,2-3,6,17H2,1H3,(H,18,21). The van der Waals surface area contributed by atoms with Gasteiger partial charge in [0.15, 0.2) is 0 Å². The fourth-order valence-corrected chi connectivity index (χ4v) is 2.24. The van der Waals surface area contributed by atoms with Gasteiger partial charge < -0.3 is 11.1 Å². The summed E-state index contributed by atoms with van der Waals surface area (Å²) in [4.78, 5) is 11.9. The number of hydrogen-bond donors (Lipinski definition) is 2. The van der Waals surface area contributed by atoms with Gasteiger partial charge in [0.1, 0.15) is 0 Å². The summed E-state index contributed by atoms with van der Waals surface area (Å²) < 4.78 is 1.74. The van der Waals surface area contributed by atoms with Gasteiger partial charge >= 0.3 is 0 Å². The first-order valence-electron chi connectivity index (χ1n) is 6.50. The highest BCUT2D eigenvalue weighted by atomic mass is 35.5. The predicted octanol–water partition coefficient (Wildman–Crippen LogP) is 3.50. The zero-order valence-electron chi connectivity index (χ0n) is 11.6. The Hall–Kier alpha value is -1.72. The summed E-state index contributed by atoms with van der Waals surface area (Å²) in [7, 11) is 0. The van der Waals surface area contributed by atoms with E-state index in [0.717, 1.165) is 5.69 Å². The van der Waals surface area contributed by atoms with Crippen LogP contribution in [0.2, 0.25) is 10.0 Å². The molecule has 0 fully saturated rings. The van der Waals surface area contributed by atoms with Crippen molar-refractivity contribution in [2.45, 2.75) is 26.3 Å². The summed E-state index contributed by atoms with van der Waals surface area (Å²) in [6.45, 7) is 2.48. The van der Waals surface area contributed by atoms with Crippen LogP contribution in [0.1, 0.15) is 18.5 Å². The second kappa shape index (κ2) is 6.83. The quantitative estimate of drug-likeness (QED) is 0.826. The van der Waals surface area contributed by atoms with E-state index < -0.39 is 0 Å². The number of nitrogens with one attached hydrogen (secondary N) is 1. The van der Waals surface area contributed by atoms with Gasteiger partial charge in [0, 0.05) is 24.8 Å². The molecule has 0 saturated carbocycles. The van der Waals surface area contributed by atoms with Gasteiger partial charge in [0.2, 0.25) is 5.91 Å². The number of aryl methyl sites for hydroxylation is 2. The van der Waals surface area contributed by atoms with Crippen LogP contribution in [0.5, 0.6) is 0 Å². The molecule has 0 aliphatic carbocycles. The molecule has 0 spiro atoms. The second-order valence-corrected chi connectivity index (χ2v) is 5.53. The van der Waals surface area contributed by atoms with Crippen molar-refractivity contribution in [2.24, 2.45) is 0 Å². The number of nitrogens with two attached hydrogens (primary N) is 1. The second-order valence-electron chi connectivity index (χ2n) is 4.72. The Kier molecular flexibility index (Phi) is 5.09. The fourth-order valence-electron chi connectivity index (χ4n) is 1.86. The molecule has 1 aromatic heterocycles. The van der Waals surface area contributed by atoms with E-state index in [-0.39, 0.29) is 5.91 Å². The van der Waals surface area contributed by atoms with Crippen molar-refractivity contribution in [1.82, 2.24) is 9.78 Å². The number of halogens is 2. The van der Waals surface area contributed by atoms with E-state index in [1.807, 2.05) is 6.92 Å². The Morgan fingerprint density at radius 2 is 2.14 bits per heavy atom. The average molecular weight is 327 g/mol. The third kappa shape index (κ3) is 4.37. The molecule has 5 nitrogen and oxygen atoms in total. The van der Waals surface area contributed by atoms with Gasteiger partial charge in [-0.1, -0.05) is 23.2 Å². The number of carbonyl (C=O) groups is 1. The molecule has 2 rings (SSSR count). The number of amides is 1. The van der Waals surface area contributed by atoms with Crippen LogP contribution >= 0.6 is 23.2 Å². The lowest BCUT2D eigenvalue weighted by molar-refractivity contribution is -0.116. The van der Waals surface area contributed by atoms with Crippen molar-refractivity contribution < 1.29 is 4.79 Å². The first-order chi connectivity index (χ1) is 9.95. The Bertz CT molecular complexity index is 635. The molecule has 0 aliphatic heterocycles. The number of nitrogens with zero attached hydrogens (tertiary/aromatic N) is 2. The van der Waals surface area contributed by atoms with Gasteiger partial charge in [0.05, 0.1) is 21.4 Å². The molecule has 0 radical (unpaired) electrons. The Morgan fingerprint density at radius 3 is 2.76 bits per heavy atom. The number of hydrogen-bond acceptors (Lipinski definition) is 3. The highest BCUT2D eigenvalue weighted by Gasteiger charge is 2.07. The van der Waals surface area contributed by atoms with Crippen LogP contribution in [0.25, 0.3) is 0 Å². The molecular weight excluding hydrogens is 311 g/mol. The first-order valence-corrected chi connectivity index (χ1v) is 7.25. The van der Waals surface area contributed by atoms with Crippen LogP contribution in [0, 0.1) is 6.92 Å². The van der Waals surface area contributed by atoms with Crippen molar-refractivity contribution in [3.63, 3.8) is 0 Å². The van der Waals surface area contributed by atoms with E-state index in [2.05, 4.69) is 10.4 Å². The van der Waals surface area contributed by atoms with Crippen LogP contribution in [0.15, 0.2) is 24.4 Å². The molecule has 1 amide bonds. The summed E-state index contributed by atoms with van der Waals surface area (Å²) in [6.07, 6.45) is 2.79. The topological polar surface area (TPSA) is 72.9 Å². The third-order valence-corrected chi connectivity index (χ3v) is 3.63. The van der Waals surface area contributed by atoms with Gasteiger partial charge in [-0.15, -0.1) is 0 Å². The molecule has 0 aliphatic rings. The van der Waals surface area contributed by atoms with E-state index >= 15 is 0 Å². The molecule has 0 saturated heterocycles. The summed E-state index contributed by atoms with van der Waals surface area (Å²) in [5.41, 5.74) is 7.51. The maximum atomic E-state index is 11.9. The van der Waals surface area contributed by atoms with Crippen LogP contribution in [-0.2, 0) is 11.3 Å². The Labute approximate surface area is 133 Å². The molecule has 0 unspecified atom stereocenters. The summed E-state index contributed by atoms with van der Waals surface area (Å²) >= 11 is 11.9.